The first-order valence-corrected chi connectivity index (χ1v) is 11.6. The van der Waals surface area contributed by atoms with Crippen LogP contribution in [0.1, 0.15) is 27.9 Å². The Bertz CT molecular complexity index is 1030. The molecule has 8 heteroatoms. The highest BCUT2D eigenvalue weighted by Gasteiger charge is 2.38. The van der Waals surface area contributed by atoms with Gasteiger partial charge >= 0.3 is 0 Å². The predicted molar refractivity (Wildman–Crippen MR) is 126 cm³/mol. The molecule has 2 aromatic rings. The van der Waals surface area contributed by atoms with Crippen molar-refractivity contribution in [3.63, 3.8) is 0 Å². The second kappa shape index (κ2) is 9.42. The third kappa shape index (κ3) is 4.86. The Morgan fingerprint density at radius 3 is 2.38 bits per heavy atom. The first-order valence-electron chi connectivity index (χ1n) is 10.8. The van der Waals surface area contributed by atoms with Crippen LogP contribution < -0.4 is 10.6 Å². The van der Waals surface area contributed by atoms with E-state index in [0.717, 1.165) is 40.9 Å². The maximum atomic E-state index is 13.1. The molecular formula is C24H27BrN4O3. The number of benzene rings is 2. The summed E-state index contributed by atoms with van der Waals surface area (Å²) in [6.45, 7) is 6.05. The van der Waals surface area contributed by atoms with E-state index in [9.17, 15) is 14.4 Å². The summed E-state index contributed by atoms with van der Waals surface area (Å²) < 4.78 is 1.00. The van der Waals surface area contributed by atoms with Gasteiger partial charge in [0, 0.05) is 61.4 Å². The third-order valence-corrected chi connectivity index (χ3v) is 7.15. The number of carbonyl (C=O) groups is 3. The van der Waals surface area contributed by atoms with Crippen LogP contribution in [0.5, 0.6) is 0 Å². The molecule has 2 fully saturated rings. The van der Waals surface area contributed by atoms with Crippen molar-refractivity contribution in [2.45, 2.75) is 19.9 Å². The lowest BCUT2D eigenvalue weighted by molar-refractivity contribution is -0.137. The fourth-order valence-corrected chi connectivity index (χ4v) is 4.58. The topological polar surface area (TPSA) is 86.9 Å². The van der Waals surface area contributed by atoms with Crippen molar-refractivity contribution in [3.8, 4) is 0 Å². The lowest BCUT2D eigenvalue weighted by Crippen LogP contribution is -2.50. The van der Waals surface area contributed by atoms with Gasteiger partial charge in [-0.1, -0.05) is 28.1 Å². The summed E-state index contributed by atoms with van der Waals surface area (Å²) in [4.78, 5) is 42.8. The van der Waals surface area contributed by atoms with Crippen LogP contribution in [0.15, 0.2) is 46.9 Å². The highest BCUT2D eigenvalue weighted by molar-refractivity contribution is 9.10. The van der Waals surface area contributed by atoms with E-state index < -0.39 is 5.91 Å². The fourth-order valence-electron chi connectivity index (χ4n) is 4.34. The van der Waals surface area contributed by atoms with E-state index in [1.807, 2.05) is 42.2 Å². The molecule has 7 nitrogen and oxygen atoms in total. The van der Waals surface area contributed by atoms with E-state index in [1.165, 1.54) is 0 Å². The molecule has 1 atom stereocenters. The first-order chi connectivity index (χ1) is 15.3. The average molecular weight is 499 g/mol. The number of halogens is 1. The minimum atomic E-state index is -0.428. The van der Waals surface area contributed by atoms with Crippen LogP contribution in [-0.4, -0.2) is 60.2 Å². The number of nitrogens with two attached hydrogens (primary N) is 1. The molecule has 32 heavy (non-hydrogen) atoms. The molecule has 2 aromatic carbocycles. The molecule has 0 bridgehead atoms. The zero-order chi connectivity index (χ0) is 22.8. The summed E-state index contributed by atoms with van der Waals surface area (Å²) >= 11 is 3.49. The van der Waals surface area contributed by atoms with Crippen LogP contribution >= 0.6 is 15.9 Å². The summed E-state index contributed by atoms with van der Waals surface area (Å²) in [5, 5.41) is 0. The van der Waals surface area contributed by atoms with Crippen molar-refractivity contribution in [1.29, 1.82) is 0 Å². The fraction of sp³-hybridized carbons (Fsp3) is 0.375. The quantitative estimate of drug-likeness (QED) is 0.685. The van der Waals surface area contributed by atoms with Gasteiger partial charge in [0.05, 0.1) is 5.92 Å². The molecule has 168 valence electrons. The Morgan fingerprint density at radius 2 is 1.75 bits per heavy atom. The highest BCUT2D eigenvalue weighted by atomic mass is 79.9. The van der Waals surface area contributed by atoms with Gasteiger partial charge in [-0.3, -0.25) is 19.3 Å². The molecule has 2 N–H and O–H groups in total. The van der Waals surface area contributed by atoms with E-state index in [-0.39, 0.29) is 24.2 Å². The number of rotatable bonds is 5. The second-order valence-electron chi connectivity index (χ2n) is 8.50. The van der Waals surface area contributed by atoms with Crippen molar-refractivity contribution in [2.24, 2.45) is 11.7 Å². The monoisotopic (exact) mass is 498 g/mol. The summed E-state index contributed by atoms with van der Waals surface area (Å²) in [5.74, 6) is -0.648. The molecule has 4 rings (SSSR count). The van der Waals surface area contributed by atoms with Gasteiger partial charge in [0.15, 0.2) is 0 Å². The average Bonchev–Trinajstić information content (AvgIpc) is 3.17. The number of amides is 3. The molecule has 0 radical (unpaired) electrons. The molecule has 3 amide bonds. The van der Waals surface area contributed by atoms with Gasteiger partial charge in [0.2, 0.25) is 17.7 Å². The van der Waals surface area contributed by atoms with Gasteiger partial charge < -0.3 is 15.5 Å². The standard InChI is InChI=1S/C24H27BrN4O3/c1-16-12-20(6-7-21(16)25)29-15-19(13-22(29)30)24(32)28-10-8-27(9-11-28)14-17-2-4-18(5-3-17)23(26)31/h2-7,12,19H,8-11,13-15H2,1H3,(H2,26,31). The van der Waals surface area contributed by atoms with Crippen LogP contribution in [0.2, 0.25) is 0 Å². The van der Waals surface area contributed by atoms with Crippen LogP contribution in [0.25, 0.3) is 0 Å². The Hall–Kier alpha value is -2.71. The lowest BCUT2D eigenvalue weighted by Gasteiger charge is -2.36. The smallest absolute Gasteiger partial charge is 0.248 e. The Labute approximate surface area is 196 Å². The molecule has 0 aromatic heterocycles. The molecule has 2 saturated heterocycles. The van der Waals surface area contributed by atoms with Crippen molar-refractivity contribution in [3.05, 3.63) is 63.6 Å². The number of carbonyl (C=O) groups excluding carboxylic acids is 3. The molecule has 2 heterocycles. The zero-order valence-corrected chi connectivity index (χ0v) is 19.7. The number of hydrogen-bond donors (Lipinski definition) is 1. The molecule has 2 aliphatic rings. The van der Waals surface area contributed by atoms with E-state index in [0.29, 0.717) is 25.2 Å². The first kappa shape index (κ1) is 22.5. The van der Waals surface area contributed by atoms with Crippen LogP contribution in [0.3, 0.4) is 0 Å². The third-order valence-electron chi connectivity index (χ3n) is 6.26. The molecular weight excluding hydrogens is 472 g/mol. The Morgan fingerprint density at radius 1 is 1.06 bits per heavy atom. The Kier molecular flexibility index (Phi) is 6.62. The Balaban J connectivity index is 1.31. The maximum Gasteiger partial charge on any atom is 0.248 e. The SMILES string of the molecule is Cc1cc(N2CC(C(=O)N3CCN(Cc4ccc(C(N)=O)cc4)CC3)CC2=O)ccc1Br. The van der Waals surface area contributed by atoms with Gasteiger partial charge in [-0.2, -0.15) is 0 Å². The summed E-state index contributed by atoms with van der Waals surface area (Å²) in [7, 11) is 0. The van der Waals surface area contributed by atoms with Gasteiger partial charge in [-0.15, -0.1) is 0 Å². The summed E-state index contributed by atoms with van der Waals surface area (Å²) in [5.41, 5.74) is 8.81. The van der Waals surface area contributed by atoms with E-state index in [2.05, 4.69) is 20.8 Å². The molecule has 2 aliphatic heterocycles. The van der Waals surface area contributed by atoms with E-state index in [4.69, 9.17) is 5.73 Å². The maximum absolute atomic E-state index is 13.1. The van der Waals surface area contributed by atoms with Crippen LogP contribution in [0, 0.1) is 12.8 Å². The highest BCUT2D eigenvalue weighted by Crippen LogP contribution is 2.29. The molecule has 0 spiro atoms. The van der Waals surface area contributed by atoms with Gasteiger partial charge in [-0.25, -0.2) is 0 Å². The number of aryl methyl sites for hydroxylation is 1. The van der Waals surface area contributed by atoms with Crippen molar-refractivity contribution >= 4 is 39.3 Å². The summed E-state index contributed by atoms with van der Waals surface area (Å²) in [6, 6.07) is 13.1. The normalized spacial score (nSPS) is 19.4. The minimum absolute atomic E-state index is 0.00289. The van der Waals surface area contributed by atoms with Crippen molar-refractivity contribution < 1.29 is 14.4 Å². The van der Waals surface area contributed by atoms with E-state index >= 15 is 0 Å². The van der Waals surface area contributed by atoms with Gasteiger partial charge in [-0.05, 0) is 48.4 Å². The number of nitrogens with zero attached hydrogens (tertiary/aromatic N) is 3. The summed E-state index contributed by atoms with van der Waals surface area (Å²) in [6.07, 6.45) is 0.264. The van der Waals surface area contributed by atoms with Crippen LogP contribution in [-0.2, 0) is 16.1 Å². The number of anilines is 1. The number of hydrogen-bond acceptors (Lipinski definition) is 4. The number of piperazine rings is 1. The van der Waals surface area contributed by atoms with Gasteiger partial charge in [0.25, 0.3) is 0 Å². The lowest BCUT2D eigenvalue weighted by atomic mass is 10.1. The van der Waals surface area contributed by atoms with Crippen molar-refractivity contribution in [1.82, 2.24) is 9.80 Å². The molecule has 1 unspecified atom stereocenters. The van der Waals surface area contributed by atoms with Gasteiger partial charge in [0.1, 0.15) is 0 Å². The second-order valence-corrected chi connectivity index (χ2v) is 9.36. The largest absolute Gasteiger partial charge is 0.366 e. The van der Waals surface area contributed by atoms with E-state index in [1.54, 1.807) is 17.0 Å². The zero-order valence-electron chi connectivity index (χ0n) is 18.1. The molecule has 0 saturated carbocycles. The number of primary amides is 1. The van der Waals surface area contributed by atoms with Crippen molar-refractivity contribution in [2.75, 3.05) is 37.6 Å². The predicted octanol–water partition coefficient (Wildman–Crippen LogP) is 2.55. The minimum Gasteiger partial charge on any atom is -0.366 e. The van der Waals surface area contributed by atoms with Crippen LogP contribution in [0.4, 0.5) is 5.69 Å². The molecule has 0 aliphatic carbocycles.